The van der Waals surface area contributed by atoms with Crippen LogP contribution in [-0.4, -0.2) is 43.7 Å². The van der Waals surface area contributed by atoms with Crippen LogP contribution in [0.4, 0.5) is 11.6 Å². The van der Waals surface area contributed by atoms with E-state index in [-0.39, 0.29) is 5.91 Å². The number of methoxy groups -OCH3 is 3. The van der Waals surface area contributed by atoms with E-state index in [0.717, 1.165) is 0 Å². The van der Waals surface area contributed by atoms with E-state index < -0.39 is 0 Å². The van der Waals surface area contributed by atoms with Crippen LogP contribution in [0, 0.1) is 12.8 Å². The lowest BCUT2D eigenvalue weighted by Gasteiger charge is -2.15. The van der Waals surface area contributed by atoms with Crippen molar-refractivity contribution in [1.29, 1.82) is 0 Å². The standard InChI is InChI=1S/C19H26N4O4/c1-11(2)10-20-18(24)14-7-12(3)21-19(23-14)22-13-8-15(25-4)17(27-6)16(9-13)26-5/h7-9,11H,10H2,1-6H3,(H,20,24)(H,21,22,23). The van der Waals surface area contributed by atoms with E-state index >= 15 is 0 Å². The number of hydrogen-bond acceptors (Lipinski definition) is 7. The fourth-order valence-electron chi connectivity index (χ4n) is 2.41. The third-order valence-corrected chi connectivity index (χ3v) is 3.68. The molecule has 0 atom stereocenters. The Bertz CT molecular complexity index is 783. The number of aryl methyl sites for hydroxylation is 1. The minimum absolute atomic E-state index is 0.234. The van der Waals surface area contributed by atoms with Gasteiger partial charge in [0.15, 0.2) is 11.5 Å². The summed E-state index contributed by atoms with van der Waals surface area (Å²) < 4.78 is 16.0. The van der Waals surface area contributed by atoms with Gasteiger partial charge in [0.25, 0.3) is 5.91 Å². The molecule has 1 aromatic heterocycles. The second-order valence-corrected chi connectivity index (χ2v) is 6.36. The van der Waals surface area contributed by atoms with Crippen LogP contribution < -0.4 is 24.8 Å². The van der Waals surface area contributed by atoms with Gasteiger partial charge in [0.2, 0.25) is 11.7 Å². The summed E-state index contributed by atoms with van der Waals surface area (Å²) >= 11 is 0. The minimum atomic E-state index is -0.234. The predicted octanol–water partition coefficient (Wildman–Crippen LogP) is 2.94. The Morgan fingerprint density at radius 3 is 2.19 bits per heavy atom. The van der Waals surface area contributed by atoms with E-state index in [0.29, 0.717) is 52.7 Å². The Hall–Kier alpha value is -3.03. The molecule has 1 amide bonds. The van der Waals surface area contributed by atoms with Gasteiger partial charge in [-0.3, -0.25) is 4.79 Å². The highest BCUT2D eigenvalue weighted by molar-refractivity contribution is 5.92. The lowest BCUT2D eigenvalue weighted by molar-refractivity contribution is 0.0944. The van der Waals surface area contributed by atoms with Gasteiger partial charge in [-0.1, -0.05) is 13.8 Å². The van der Waals surface area contributed by atoms with E-state index in [1.165, 1.54) is 0 Å². The highest BCUT2D eigenvalue weighted by atomic mass is 16.5. The van der Waals surface area contributed by atoms with Crippen molar-refractivity contribution < 1.29 is 19.0 Å². The second-order valence-electron chi connectivity index (χ2n) is 6.36. The number of carbonyl (C=O) groups is 1. The molecule has 0 fully saturated rings. The number of nitrogens with zero attached hydrogens (tertiary/aromatic N) is 2. The number of benzene rings is 1. The molecule has 8 nitrogen and oxygen atoms in total. The molecule has 0 spiro atoms. The molecule has 1 heterocycles. The Morgan fingerprint density at radius 2 is 1.67 bits per heavy atom. The number of ether oxygens (including phenoxy) is 3. The van der Waals surface area contributed by atoms with Gasteiger partial charge in [0, 0.05) is 30.1 Å². The molecule has 2 N–H and O–H groups in total. The molecule has 0 aliphatic rings. The summed E-state index contributed by atoms with van der Waals surface area (Å²) in [7, 11) is 4.63. The SMILES string of the molecule is COc1cc(Nc2nc(C)cc(C(=O)NCC(C)C)n2)cc(OC)c1OC. The monoisotopic (exact) mass is 374 g/mol. The summed E-state index contributed by atoms with van der Waals surface area (Å²) in [5.74, 6) is 1.92. The first-order chi connectivity index (χ1) is 12.9. The number of aromatic nitrogens is 2. The van der Waals surface area contributed by atoms with Crippen LogP contribution in [0.5, 0.6) is 17.2 Å². The topological polar surface area (TPSA) is 94.6 Å². The van der Waals surface area contributed by atoms with Gasteiger partial charge < -0.3 is 24.8 Å². The van der Waals surface area contributed by atoms with Crippen molar-refractivity contribution in [2.45, 2.75) is 20.8 Å². The molecule has 0 aliphatic carbocycles. The first-order valence-corrected chi connectivity index (χ1v) is 8.58. The van der Waals surface area contributed by atoms with Gasteiger partial charge in [-0.25, -0.2) is 9.97 Å². The van der Waals surface area contributed by atoms with Crippen molar-refractivity contribution in [2.24, 2.45) is 5.92 Å². The first-order valence-electron chi connectivity index (χ1n) is 8.58. The molecule has 0 radical (unpaired) electrons. The minimum Gasteiger partial charge on any atom is -0.493 e. The number of hydrogen-bond donors (Lipinski definition) is 2. The smallest absolute Gasteiger partial charge is 0.270 e. The quantitative estimate of drug-likeness (QED) is 0.733. The van der Waals surface area contributed by atoms with Crippen molar-refractivity contribution in [3.05, 3.63) is 29.6 Å². The van der Waals surface area contributed by atoms with E-state index in [4.69, 9.17) is 14.2 Å². The Kier molecular flexibility index (Phi) is 6.81. The highest BCUT2D eigenvalue weighted by Gasteiger charge is 2.15. The summed E-state index contributed by atoms with van der Waals surface area (Å²) in [6.45, 7) is 6.45. The molecule has 0 aliphatic heterocycles. The van der Waals surface area contributed by atoms with Crippen molar-refractivity contribution in [2.75, 3.05) is 33.2 Å². The van der Waals surface area contributed by atoms with Gasteiger partial charge in [-0.15, -0.1) is 0 Å². The van der Waals surface area contributed by atoms with E-state index in [9.17, 15) is 4.79 Å². The molecule has 0 saturated carbocycles. The second kappa shape index (κ2) is 9.07. The van der Waals surface area contributed by atoms with Crippen molar-refractivity contribution in [3.8, 4) is 17.2 Å². The number of carbonyl (C=O) groups excluding carboxylic acids is 1. The zero-order chi connectivity index (χ0) is 20.0. The van der Waals surface area contributed by atoms with E-state index in [1.54, 1.807) is 46.5 Å². The zero-order valence-electron chi connectivity index (χ0n) is 16.5. The Balaban J connectivity index is 2.31. The maximum absolute atomic E-state index is 12.3. The van der Waals surface area contributed by atoms with Crippen LogP contribution >= 0.6 is 0 Å². The lowest BCUT2D eigenvalue weighted by atomic mass is 10.2. The van der Waals surface area contributed by atoms with Crippen LogP contribution in [0.15, 0.2) is 18.2 Å². The van der Waals surface area contributed by atoms with Gasteiger partial charge in [-0.05, 0) is 18.9 Å². The molecule has 2 rings (SSSR count). The van der Waals surface area contributed by atoms with Gasteiger partial charge in [0.1, 0.15) is 5.69 Å². The van der Waals surface area contributed by atoms with Crippen LogP contribution in [0.3, 0.4) is 0 Å². The Morgan fingerprint density at radius 1 is 1.04 bits per heavy atom. The maximum atomic E-state index is 12.3. The summed E-state index contributed by atoms with van der Waals surface area (Å²) in [4.78, 5) is 21.0. The summed E-state index contributed by atoms with van der Waals surface area (Å²) in [5, 5.41) is 5.94. The largest absolute Gasteiger partial charge is 0.493 e. The van der Waals surface area contributed by atoms with Gasteiger partial charge in [0.05, 0.1) is 21.3 Å². The molecule has 2 aromatic rings. The lowest BCUT2D eigenvalue weighted by Crippen LogP contribution is -2.28. The summed E-state index contributed by atoms with van der Waals surface area (Å²) in [6, 6.07) is 5.13. The highest BCUT2D eigenvalue weighted by Crippen LogP contribution is 2.40. The molecule has 0 bridgehead atoms. The molecule has 0 saturated heterocycles. The summed E-state index contributed by atoms with van der Waals surface area (Å²) in [6.07, 6.45) is 0. The van der Waals surface area contributed by atoms with E-state index in [1.807, 2.05) is 13.8 Å². The van der Waals surface area contributed by atoms with Crippen LogP contribution in [0.25, 0.3) is 0 Å². The van der Waals surface area contributed by atoms with Crippen molar-refractivity contribution >= 4 is 17.5 Å². The van der Waals surface area contributed by atoms with Gasteiger partial charge in [-0.2, -0.15) is 0 Å². The molecular formula is C19H26N4O4. The molecule has 8 heteroatoms. The number of nitrogens with one attached hydrogen (secondary N) is 2. The third kappa shape index (κ3) is 5.22. The van der Waals surface area contributed by atoms with Crippen LogP contribution in [0.2, 0.25) is 0 Å². The fraction of sp³-hybridized carbons (Fsp3) is 0.421. The fourth-order valence-corrected chi connectivity index (χ4v) is 2.41. The zero-order valence-corrected chi connectivity index (χ0v) is 16.5. The number of anilines is 2. The molecule has 1 aromatic carbocycles. The van der Waals surface area contributed by atoms with Crippen molar-refractivity contribution in [3.63, 3.8) is 0 Å². The molecule has 0 unspecified atom stereocenters. The third-order valence-electron chi connectivity index (χ3n) is 3.68. The normalized spacial score (nSPS) is 10.5. The maximum Gasteiger partial charge on any atom is 0.270 e. The summed E-state index contributed by atoms with van der Waals surface area (Å²) in [5.41, 5.74) is 1.62. The predicted molar refractivity (Wildman–Crippen MR) is 103 cm³/mol. The van der Waals surface area contributed by atoms with E-state index in [2.05, 4.69) is 20.6 Å². The van der Waals surface area contributed by atoms with Crippen LogP contribution in [-0.2, 0) is 0 Å². The molecule has 27 heavy (non-hydrogen) atoms. The average molecular weight is 374 g/mol. The van der Waals surface area contributed by atoms with Gasteiger partial charge >= 0.3 is 0 Å². The first kappa shape index (κ1) is 20.3. The van der Waals surface area contributed by atoms with Crippen LogP contribution in [0.1, 0.15) is 30.0 Å². The molecule has 146 valence electrons. The average Bonchev–Trinajstić information content (AvgIpc) is 2.64. The van der Waals surface area contributed by atoms with Crippen molar-refractivity contribution in [1.82, 2.24) is 15.3 Å². The molecular weight excluding hydrogens is 348 g/mol. The Labute approximate surface area is 159 Å². The number of rotatable bonds is 8. The number of amides is 1.